The number of nitrogens with one attached hydrogen (secondary N) is 1. The maximum absolute atomic E-state index is 15.1. The van der Waals surface area contributed by atoms with E-state index in [1.54, 1.807) is 24.3 Å². The third-order valence-electron chi connectivity index (χ3n) is 6.93. The van der Waals surface area contributed by atoms with E-state index >= 15 is 4.39 Å². The van der Waals surface area contributed by atoms with E-state index in [0.29, 0.717) is 35.1 Å². The fraction of sp³-hybridized carbons (Fsp3) is 0.480. The molecular formula is C25H29FN2O4. The zero-order valence-corrected chi connectivity index (χ0v) is 18.1. The Morgan fingerprint density at radius 3 is 2.56 bits per heavy atom. The van der Waals surface area contributed by atoms with Crippen molar-refractivity contribution in [2.45, 2.75) is 50.5 Å². The molecule has 0 unspecified atom stereocenters. The molecule has 170 valence electrons. The Hall–Kier alpha value is -2.48. The summed E-state index contributed by atoms with van der Waals surface area (Å²) in [5.41, 5.74) is 2.71. The molecule has 1 saturated heterocycles. The SMILES string of the molecule is O=C(NCCO)c1ccc(-c2cc(F)c3c(c2)COC2(CCN(C4CCC4)CC2)O3)cc1. The second kappa shape index (κ2) is 8.81. The van der Waals surface area contributed by atoms with E-state index in [9.17, 15) is 4.79 Å². The smallest absolute Gasteiger partial charge is 0.251 e. The van der Waals surface area contributed by atoms with Crippen molar-refractivity contribution in [3.05, 3.63) is 53.3 Å². The van der Waals surface area contributed by atoms with E-state index in [4.69, 9.17) is 14.6 Å². The summed E-state index contributed by atoms with van der Waals surface area (Å²) >= 11 is 0. The lowest BCUT2D eigenvalue weighted by Crippen LogP contribution is -2.54. The molecule has 32 heavy (non-hydrogen) atoms. The van der Waals surface area contributed by atoms with Gasteiger partial charge in [-0.25, -0.2) is 4.39 Å². The summed E-state index contributed by atoms with van der Waals surface area (Å²) in [7, 11) is 0. The number of carbonyl (C=O) groups excluding carboxylic acids is 1. The lowest BCUT2D eigenvalue weighted by atomic mass is 9.89. The van der Waals surface area contributed by atoms with Gasteiger partial charge in [-0.2, -0.15) is 0 Å². The van der Waals surface area contributed by atoms with Crippen LogP contribution in [0.15, 0.2) is 36.4 Å². The van der Waals surface area contributed by atoms with Crippen LogP contribution in [0.2, 0.25) is 0 Å². The Kier molecular flexibility index (Phi) is 5.88. The Morgan fingerprint density at radius 1 is 1.16 bits per heavy atom. The average molecular weight is 441 g/mol. The molecule has 0 aromatic heterocycles. The van der Waals surface area contributed by atoms with Gasteiger partial charge in [-0.15, -0.1) is 0 Å². The second-order valence-electron chi connectivity index (χ2n) is 8.93. The van der Waals surface area contributed by atoms with E-state index in [-0.39, 0.29) is 24.9 Å². The normalized spacial score (nSPS) is 20.3. The van der Waals surface area contributed by atoms with Crippen molar-refractivity contribution < 1.29 is 23.8 Å². The Bertz CT molecular complexity index is 982. The maximum atomic E-state index is 15.1. The summed E-state index contributed by atoms with van der Waals surface area (Å²) in [6.45, 7) is 2.28. The number of fused-ring (bicyclic) bond motifs is 1. The van der Waals surface area contributed by atoms with Crippen LogP contribution in [0.4, 0.5) is 4.39 Å². The number of carbonyl (C=O) groups is 1. The third-order valence-corrected chi connectivity index (χ3v) is 6.93. The number of likely N-dealkylation sites (tertiary alicyclic amines) is 1. The first kappa shape index (κ1) is 21.4. The number of ether oxygens (including phenoxy) is 2. The Morgan fingerprint density at radius 2 is 1.91 bits per heavy atom. The number of aliphatic hydroxyl groups excluding tert-OH is 1. The number of aliphatic hydroxyl groups is 1. The first-order chi connectivity index (χ1) is 15.6. The fourth-order valence-corrected chi connectivity index (χ4v) is 4.78. The summed E-state index contributed by atoms with van der Waals surface area (Å²) in [4.78, 5) is 14.5. The van der Waals surface area contributed by atoms with Crippen molar-refractivity contribution in [3.63, 3.8) is 0 Å². The lowest BCUT2D eigenvalue weighted by Gasteiger charge is -2.47. The predicted octanol–water partition coefficient (Wildman–Crippen LogP) is 3.47. The number of nitrogens with zero attached hydrogens (tertiary/aromatic N) is 1. The third kappa shape index (κ3) is 4.12. The van der Waals surface area contributed by atoms with Gasteiger partial charge in [0.25, 0.3) is 5.91 Å². The summed E-state index contributed by atoms with van der Waals surface area (Å²) in [5, 5.41) is 11.4. The van der Waals surface area contributed by atoms with Crippen LogP contribution in [0.25, 0.3) is 11.1 Å². The highest BCUT2D eigenvalue weighted by Crippen LogP contribution is 2.42. The highest BCUT2D eigenvalue weighted by atomic mass is 19.1. The molecule has 1 saturated carbocycles. The van der Waals surface area contributed by atoms with Crippen LogP contribution in [0, 0.1) is 5.82 Å². The first-order valence-corrected chi connectivity index (χ1v) is 11.5. The van der Waals surface area contributed by atoms with Gasteiger partial charge in [-0.1, -0.05) is 18.6 Å². The molecule has 2 heterocycles. The zero-order chi connectivity index (χ0) is 22.1. The van der Waals surface area contributed by atoms with Gasteiger partial charge in [0.1, 0.15) is 0 Å². The van der Waals surface area contributed by atoms with Gasteiger partial charge in [-0.05, 0) is 48.2 Å². The van der Waals surface area contributed by atoms with Crippen LogP contribution in [0.5, 0.6) is 5.75 Å². The molecule has 2 aromatic rings. The lowest BCUT2D eigenvalue weighted by molar-refractivity contribution is -0.232. The minimum atomic E-state index is -0.723. The molecule has 1 aliphatic carbocycles. The first-order valence-electron chi connectivity index (χ1n) is 11.5. The van der Waals surface area contributed by atoms with Crippen molar-refractivity contribution in [3.8, 4) is 16.9 Å². The predicted molar refractivity (Wildman–Crippen MR) is 118 cm³/mol. The minimum absolute atomic E-state index is 0.109. The number of hydrogen-bond donors (Lipinski definition) is 2. The van der Waals surface area contributed by atoms with Crippen molar-refractivity contribution in [2.24, 2.45) is 0 Å². The number of benzene rings is 2. The standard InChI is InChI=1S/C25H29FN2O4/c26-22-15-19(17-4-6-18(7-5-17)24(30)27-10-13-29)14-20-16-31-25(32-23(20)22)8-11-28(12-9-25)21-2-1-3-21/h4-7,14-15,21,29H,1-3,8-13,16H2,(H,27,30). The molecule has 0 bridgehead atoms. The van der Waals surface area contributed by atoms with Crippen molar-refractivity contribution >= 4 is 5.91 Å². The van der Waals surface area contributed by atoms with E-state index < -0.39 is 5.79 Å². The molecule has 0 radical (unpaired) electrons. The van der Waals surface area contributed by atoms with Crippen LogP contribution >= 0.6 is 0 Å². The molecule has 2 N–H and O–H groups in total. The molecule has 2 aliphatic heterocycles. The highest BCUT2D eigenvalue weighted by molar-refractivity contribution is 5.94. The minimum Gasteiger partial charge on any atom is -0.459 e. The van der Waals surface area contributed by atoms with Gasteiger partial charge in [0, 0.05) is 49.6 Å². The highest BCUT2D eigenvalue weighted by Gasteiger charge is 2.43. The summed E-state index contributed by atoms with van der Waals surface area (Å²) in [6, 6.07) is 11.1. The number of rotatable bonds is 5. The summed E-state index contributed by atoms with van der Waals surface area (Å²) in [6.07, 6.45) is 5.39. The Balaban J connectivity index is 1.29. The van der Waals surface area contributed by atoms with Crippen LogP contribution in [0.3, 0.4) is 0 Å². The van der Waals surface area contributed by atoms with E-state index in [0.717, 1.165) is 31.5 Å². The molecule has 1 amide bonds. The molecular weight excluding hydrogens is 411 g/mol. The van der Waals surface area contributed by atoms with Crippen LogP contribution in [0.1, 0.15) is 48.0 Å². The summed E-state index contributed by atoms with van der Waals surface area (Å²) in [5.74, 6) is -1.06. The van der Waals surface area contributed by atoms with Crippen molar-refractivity contribution in [2.75, 3.05) is 26.2 Å². The molecule has 1 spiro atoms. The Labute approximate surface area is 187 Å². The van der Waals surface area contributed by atoms with Gasteiger partial charge in [-0.3, -0.25) is 9.69 Å². The largest absolute Gasteiger partial charge is 0.459 e. The van der Waals surface area contributed by atoms with E-state index in [1.165, 1.54) is 25.3 Å². The monoisotopic (exact) mass is 440 g/mol. The van der Waals surface area contributed by atoms with Gasteiger partial charge < -0.3 is 19.9 Å². The molecule has 7 heteroatoms. The molecule has 2 fully saturated rings. The van der Waals surface area contributed by atoms with Gasteiger partial charge >= 0.3 is 0 Å². The number of hydrogen-bond acceptors (Lipinski definition) is 5. The molecule has 2 aromatic carbocycles. The summed E-state index contributed by atoms with van der Waals surface area (Å²) < 4.78 is 27.4. The zero-order valence-electron chi connectivity index (χ0n) is 18.1. The van der Waals surface area contributed by atoms with Gasteiger partial charge in [0.05, 0.1) is 13.2 Å². The second-order valence-corrected chi connectivity index (χ2v) is 8.93. The van der Waals surface area contributed by atoms with E-state index in [1.807, 2.05) is 6.07 Å². The molecule has 5 rings (SSSR count). The van der Waals surface area contributed by atoms with E-state index in [2.05, 4.69) is 10.2 Å². The molecule has 3 aliphatic rings. The number of piperidine rings is 1. The molecule has 6 nitrogen and oxygen atoms in total. The van der Waals surface area contributed by atoms with Gasteiger partial charge in [0.15, 0.2) is 11.6 Å². The van der Waals surface area contributed by atoms with Crippen LogP contribution in [-0.2, 0) is 11.3 Å². The number of amides is 1. The fourth-order valence-electron chi connectivity index (χ4n) is 4.78. The van der Waals surface area contributed by atoms with Crippen LogP contribution < -0.4 is 10.1 Å². The molecule has 0 atom stereocenters. The topological polar surface area (TPSA) is 71.0 Å². The van der Waals surface area contributed by atoms with Crippen molar-refractivity contribution in [1.82, 2.24) is 10.2 Å². The average Bonchev–Trinajstić information content (AvgIpc) is 2.78. The van der Waals surface area contributed by atoms with Crippen LogP contribution in [-0.4, -0.2) is 54.0 Å². The van der Waals surface area contributed by atoms with Crippen molar-refractivity contribution in [1.29, 1.82) is 0 Å². The number of halogens is 1. The van der Waals surface area contributed by atoms with Gasteiger partial charge in [0.2, 0.25) is 5.79 Å². The quantitative estimate of drug-likeness (QED) is 0.745. The maximum Gasteiger partial charge on any atom is 0.251 e.